The van der Waals surface area contributed by atoms with E-state index in [1.807, 2.05) is 0 Å². The molecule has 0 aliphatic heterocycles. The Hall–Kier alpha value is -0.630. The van der Waals surface area contributed by atoms with E-state index in [9.17, 15) is 0 Å². The summed E-state index contributed by atoms with van der Waals surface area (Å²) in [5.41, 5.74) is 0. The Labute approximate surface area is 112 Å². The molecule has 4 heteroatoms. The van der Waals surface area contributed by atoms with Crippen LogP contribution in [0.5, 0.6) is 0 Å². The molecule has 0 aromatic heterocycles. The van der Waals surface area contributed by atoms with E-state index in [0.717, 1.165) is 45.9 Å². The molecule has 0 heterocycles. The number of nitriles is 1. The normalized spacial score (nSPS) is 10.8. The number of hydrogen-bond donors (Lipinski definition) is 0. The largest absolute Gasteiger partial charge is 0.380 e. The van der Waals surface area contributed by atoms with Crippen LogP contribution in [0.25, 0.3) is 0 Å². The monoisotopic (exact) mass is 256 g/mol. The smallest absolute Gasteiger partial charge is 0.0990 e. The van der Waals surface area contributed by atoms with Gasteiger partial charge in [0.25, 0.3) is 0 Å². The summed E-state index contributed by atoms with van der Waals surface area (Å²) in [5, 5.41) is 8.32. The molecule has 0 bridgehead atoms. The summed E-state index contributed by atoms with van der Waals surface area (Å²) in [5.74, 6) is 0. The molecule has 106 valence electrons. The van der Waals surface area contributed by atoms with Crippen molar-refractivity contribution in [2.75, 3.05) is 39.6 Å². The molecule has 4 nitrogen and oxygen atoms in total. The fourth-order valence-corrected chi connectivity index (χ4v) is 1.58. The van der Waals surface area contributed by atoms with E-state index in [1.165, 1.54) is 12.8 Å². The predicted octanol–water partition coefficient (Wildman–Crippen LogP) is 2.79. The van der Waals surface area contributed by atoms with Gasteiger partial charge in [0.2, 0.25) is 0 Å². The van der Waals surface area contributed by atoms with Crippen molar-refractivity contribution in [3.05, 3.63) is 0 Å². The Morgan fingerprint density at radius 1 is 0.889 bits per heavy atom. The van der Waals surface area contributed by atoms with Gasteiger partial charge in [-0.25, -0.2) is 0 Å². The first kappa shape index (κ1) is 17.4. The van der Waals surface area contributed by atoms with E-state index in [0.29, 0.717) is 13.0 Å². The maximum atomic E-state index is 8.32. The van der Waals surface area contributed by atoms with Crippen LogP contribution >= 0.6 is 0 Å². The molecule has 0 rings (SSSR count). The molecule has 0 aliphatic carbocycles. The highest BCUT2D eigenvalue weighted by molar-refractivity contribution is 4.66. The average molecular weight is 256 g/mol. The van der Waals surface area contributed by atoms with E-state index >= 15 is 0 Å². The van der Waals surface area contributed by atoms with Crippen LogP contribution in [0.4, 0.5) is 0 Å². The zero-order valence-electron chi connectivity index (χ0n) is 12.0. The van der Waals surface area contributed by atoms with E-state index in [2.05, 4.69) is 24.8 Å². The summed E-state index contributed by atoms with van der Waals surface area (Å²) >= 11 is 0. The molecule has 0 radical (unpaired) electrons. The summed E-state index contributed by atoms with van der Waals surface area (Å²) in [6.45, 7) is 9.37. The second kappa shape index (κ2) is 14.4. The molecule has 0 amide bonds. The highest BCUT2D eigenvalue weighted by Crippen LogP contribution is 2.01. The number of ether oxygens (including phenoxy) is 2. The van der Waals surface area contributed by atoms with Gasteiger partial charge in [-0.2, -0.15) is 5.26 Å². The maximum Gasteiger partial charge on any atom is 0.0990 e. The molecule has 0 saturated carbocycles. The molecule has 0 fully saturated rings. The fourth-order valence-electron chi connectivity index (χ4n) is 1.58. The highest BCUT2D eigenvalue weighted by atomic mass is 16.5. The molecule has 0 aromatic rings. The molecule has 0 spiro atoms. The summed E-state index contributed by atoms with van der Waals surface area (Å²) in [6, 6.07) is 2.07. The second-order valence-electron chi connectivity index (χ2n) is 4.28. The van der Waals surface area contributed by atoms with E-state index in [1.54, 1.807) is 0 Å². The first-order valence-electron chi connectivity index (χ1n) is 7.09. The number of unbranched alkanes of at least 4 members (excludes halogenated alkanes) is 3. The minimum Gasteiger partial charge on any atom is -0.380 e. The van der Waals surface area contributed by atoms with Gasteiger partial charge < -0.3 is 9.47 Å². The van der Waals surface area contributed by atoms with Crippen LogP contribution in [-0.2, 0) is 9.47 Å². The van der Waals surface area contributed by atoms with Crippen LogP contribution in [0.3, 0.4) is 0 Å². The first-order chi connectivity index (χ1) is 8.85. The number of rotatable bonds is 13. The summed E-state index contributed by atoms with van der Waals surface area (Å²) in [7, 11) is 0. The lowest BCUT2D eigenvalue weighted by atomic mass is 10.2. The first-order valence-corrected chi connectivity index (χ1v) is 7.09. The molecule has 0 unspecified atom stereocenters. The van der Waals surface area contributed by atoms with Crippen LogP contribution in [-0.4, -0.2) is 44.5 Å². The van der Waals surface area contributed by atoms with Crippen molar-refractivity contribution in [3.63, 3.8) is 0 Å². The minimum atomic E-state index is 0.499. The third kappa shape index (κ3) is 11.8. The van der Waals surface area contributed by atoms with Gasteiger partial charge >= 0.3 is 0 Å². The summed E-state index contributed by atoms with van der Waals surface area (Å²) in [6.07, 6.45) is 5.08. The van der Waals surface area contributed by atoms with Gasteiger partial charge in [0.15, 0.2) is 0 Å². The van der Waals surface area contributed by atoms with Gasteiger partial charge in [-0.05, 0) is 25.9 Å². The molecule has 0 saturated heterocycles. The fraction of sp³-hybridized carbons (Fsp3) is 0.929. The van der Waals surface area contributed by atoms with E-state index in [-0.39, 0.29) is 0 Å². The zero-order chi connectivity index (χ0) is 13.5. The van der Waals surface area contributed by atoms with Crippen LogP contribution in [0.15, 0.2) is 0 Å². The molecule has 0 aliphatic rings. The van der Waals surface area contributed by atoms with Gasteiger partial charge in [0.1, 0.15) is 0 Å². The SMILES string of the molecule is CCN(CC)COCCCCCCOCCC#N. The number of hydrogen-bond acceptors (Lipinski definition) is 4. The quantitative estimate of drug-likeness (QED) is 0.375. The van der Waals surface area contributed by atoms with Crippen molar-refractivity contribution in [2.24, 2.45) is 0 Å². The summed E-state index contributed by atoms with van der Waals surface area (Å²) in [4.78, 5) is 2.27. The Balaban J connectivity index is 3.05. The summed E-state index contributed by atoms with van der Waals surface area (Å²) < 4.78 is 10.9. The van der Waals surface area contributed by atoms with Gasteiger partial charge in [-0.3, -0.25) is 4.90 Å². The van der Waals surface area contributed by atoms with Crippen LogP contribution < -0.4 is 0 Å². The van der Waals surface area contributed by atoms with Gasteiger partial charge in [-0.15, -0.1) is 0 Å². The Morgan fingerprint density at radius 3 is 2.06 bits per heavy atom. The lowest BCUT2D eigenvalue weighted by Crippen LogP contribution is -2.26. The van der Waals surface area contributed by atoms with Gasteiger partial charge in [-0.1, -0.05) is 26.7 Å². The lowest BCUT2D eigenvalue weighted by Gasteiger charge is -2.17. The molecular formula is C14H28N2O2. The molecular weight excluding hydrogens is 228 g/mol. The van der Waals surface area contributed by atoms with Crippen molar-refractivity contribution in [2.45, 2.75) is 46.0 Å². The lowest BCUT2D eigenvalue weighted by molar-refractivity contribution is 0.0321. The highest BCUT2D eigenvalue weighted by Gasteiger charge is 1.97. The standard InChI is InChI=1S/C14H28N2O2/c1-3-16(4-2)14-18-12-8-6-5-7-11-17-13-9-10-15/h3-9,11-14H2,1-2H3. The molecule has 0 N–H and O–H groups in total. The minimum absolute atomic E-state index is 0.499. The van der Waals surface area contributed by atoms with Crippen LogP contribution in [0, 0.1) is 11.3 Å². The van der Waals surface area contributed by atoms with E-state index in [4.69, 9.17) is 14.7 Å². The molecule has 0 atom stereocenters. The maximum absolute atomic E-state index is 8.32. The Bertz CT molecular complexity index is 200. The zero-order valence-corrected chi connectivity index (χ0v) is 12.0. The van der Waals surface area contributed by atoms with Crippen molar-refractivity contribution in [3.8, 4) is 6.07 Å². The third-order valence-corrected chi connectivity index (χ3v) is 2.85. The third-order valence-electron chi connectivity index (χ3n) is 2.85. The van der Waals surface area contributed by atoms with E-state index < -0.39 is 0 Å². The Morgan fingerprint density at radius 2 is 1.50 bits per heavy atom. The predicted molar refractivity (Wildman–Crippen MR) is 73.3 cm³/mol. The Kier molecular flexibility index (Phi) is 13.9. The van der Waals surface area contributed by atoms with Crippen molar-refractivity contribution >= 4 is 0 Å². The van der Waals surface area contributed by atoms with Gasteiger partial charge in [0.05, 0.1) is 25.8 Å². The molecule has 0 aromatic carbocycles. The second-order valence-corrected chi connectivity index (χ2v) is 4.28. The number of nitrogens with zero attached hydrogens (tertiary/aromatic N) is 2. The van der Waals surface area contributed by atoms with Crippen molar-refractivity contribution in [1.82, 2.24) is 4.90 Å². The van der Waals surface area contributed by atoms with Crippen LogP contribution in [0.2, 0.25) is 0 Å². The van der Waals surface area contributed by atoms with Crippen LogP contribution in [0.1, 0.15) is 46.0 Å². The molecule has 18 heavy (non-hydrogen) atoms. The van der Waals surface area contributed by atoms with Gasteiger partial charge in [0, 0.05) is 13.2 Å². The average Bonchev–Trinajstić information content (AvgIpc) is 2.40. The topological polar surface area (TPSA) is 45.5 Å². The van der Waals surface area contributed by atoms with Crippen molar-refractivity contribution < 1.29 is 9.47 Å². The van der Waals surface area contributed by atoms with Crippen molar-refractivity contribution in [1.29, 1.82) is 5.26 Å².